The maximum absolute atomic E-state index is 13.1. The first-order valence-electron chi connectivity index (χ1n) is 10.8. The van der Waals surface area contributed by atoms with Crippen molar-refractivity contribution in [2.24, 2.45) is 0 Å². The summed E-state index contributed by atoms with van der Waals surface area (Å²) in [4.78, 5) is 17.7. The van der Waals surface area contributed by atoms with E-state index < -0.39 is 0 Å². The zero-order chi connectivity index (χ0) is 20.5. The molecule has 3 aromatic rings. The zero-order valence-corrected chi connectivity index (χ0v) is 17.8. The van der Waals surface area contributed by atoms with Crippen LogP contribution in [0.15, 0.2) is 42.6 Å². The van der Waals surface area contributed by atoms with Crippen LogP contribution in [0.3, 0.4) is 0 Å². The smallest absolute Gasteiger partial charge is 0.254 e. The largest absolute Gasteiger partial charge is 0.339 e. The maximum atomic E-state index is 13.1. The topological polar surface area (TPSA) is 53.7 Å². The summed E-state index contributed by atoms with van der Waals surface area (Å²) in [6.07, 6.45) is 8.00. The maximum Gasteiger partial charge on any atom is 0.254 e. The molecule has 1 aromatic carbocycles. The second-order valence-electron chi connectivity index (χ2n) is 8.30. The Morgan fingerprint density at radius 1 is 0.967 bits per heavy atom. The number of hydrogen-bond acceptors (Lipinski definition) is 4. The molecule has 1 amide bonds. The quantitative estimate of drug-likeness (QED) is 0.635. The molecule has 0 bridgehead atoms. The molecule has 2 fully saturated rings. The third kappa shape index (κ3) is 3.82. The van der Waals surface area contributed by atoms with Gasteiger partial charge in [0.25, 0.3) is 5.91 Å². The molecule has 30 heavy (non-hydrogen) atoms. The normalized spacial score (nSPS) is 18.8. The lowest BCUT2D eigenvalue weighted by Crippen LogP contribution is -2.48. The van der Waals surface area contributed by atoms with Crippen molar-refractivity contribution in [1.29, 1.82) is 0 Å². The van der Waals surface area contributed by atoms with Gasteiger partial charge in [0.1, 0.15) is 0 Å². The van der Waals surface area contributed by atoms with Crippen molar-refractivity contribution < 1.29 is 4.79 Å². The Kier molecular flexibility index (Phi) is 5.44. The zero-order valence-electron chi connectivity index (χ0n) is 17.0. The lowest BCUT2D eigenvalue weighted by molar-refractivity contribution is 0.0590. The fourth-order valence-electron chi connectivity index (χ4n) is 4.75. The highest BCUT2D eigenvalue weighted by Crippen LogP contribution is 2.24. The van der Waals surface area contributed by atoms with Gasteiger partial charge >= 0.3 is 0 Å². The Morgan fingerprint density at radius 3 is 2.53 bits per heavy atom. The van der Waals surface area contributed by atoms with Crippen molar-refractivity contribution >= 4 is 23.2 Å². The summed E-state index contributed by atoms with van der Waals surface area (Å²) in [5.74, 6) is 0.802. The van der Waals surface area contributed by atoms with E-state index >= 15 is 0 Å². The van der Waals surface area contributed by atoms with Gasteiger partial charge in [0, 0.05) is 41.5 Å². The van der Waals surface area contributed by atoms with E-state index in [1.807, 2.05) is 51.9 Å². The Hall–Kier alpha value is -2.44. The van der Waals surface area contributed by atoms with E-state index in [2.05, 4.69) is 15.1 Å². The number of halogens is 1. The SMILES string of the molecule is O=C(c1ccn2c(-c3cccc(Cl)c3)nnc2c1)N1CCC(N2CCCCC2)CC1. The van der Waals surface area contributed by atoms with Crippen molar-refractivity contribution in [2.75, 3.05) is 26.2 Å². The molecule has 2 aromatic heterocycles. The van der Waals surface area contributed by atoms with Crippen LogP contribution in [-0.4, -0.2) is 62.5 Å². The second-order valence-corrected chi connectivity index (χ2v) is 8.73. The molecule has 0 aliphatic carbocycles. The molecule has 0 spiro atoms. The summed E-state index contributed by atoms with van der Waals surface area (Å²) in [6.45, 7) is 4.09. The van der Waals surface area contributed by atoms with Gasteiger partial charge in [0.2, 0.25) is 0 Å². The number of carbonyl (C=O) groups excluding carboxylic acids is 1. The number of piperidine rings is 2. The standard InChI is InChI=1S/C23H26ClN5O/c24-19-6-4-5-17(15-19)22-26-25-21-16-18(7-14-29(21)22)23(30)28-12-8-20(9-13-28)27-10-2-1-3-11-27/h4-7,14-16,20H,1-3,8-13H2. The van der Waals surface area contributed by atoms with Crippen LogP contribution in [0, 0.1) is 0 Å². The average molecular weight is 424 g/mol. The van der Waals surface area contributed by atoms with Gasteiger partial charge in [0.05, 0.1) is 0 Å². The fraction of sp³-hybridized carbons (Fsp3) is 0.435. The summed E-state index contributed by atoms with van der Waals surface area (Å²) >= 11 is 6.11. The molecule has 7 heteroatoms. The highest BCUT2D eigenvalue weighted by atomic mass is 35.5. The summed E-state index contributed by atoms with van der Waals surface area (Å²) in [7, 11) is 0. The van der Waals surface area contributed by atoms with Crippen molar-refractivity contribution in [3.8, 4) is 11.4 Å². The summed E-state index contributed by atoms with van der Waals surface area (Å²) < 4.78 is 1.89. The molecule has 4 heterocycles. The number of amides is 1. The Balaban J connectivity index is 1.30. The van der Waals surface area contributed by atoms with Crippen molar-refractivity contribution in [1.82, 2.24) is 24.4 Å². The molecule has 0 unspecified atom stereocenters. The van der Waals surface area contributed by atoms with Gasteiger partial charge in [-0.05, 0) is 63.0 Å². The fourth-order valence-corrected chi connectivity index (χ4v) is 4.94. The first-order valence-corrected chi connectivity index (χ1v) is 11.2. The van der Waals surface area contributed by atoms with Crippen LogP contribution in [0.5, 0.6) is 0 Å². The van der Waals surface area contributed by atoms with Crippen LogP contribution >= 0.6 is 11.6 Å². The lowest BCUT2D eigenvalue weighted by atomic mass is 9.99. The minimum absolute atomic E-state index is 0.0851. The number of carbonyl (C=O) groups is 1. The molecule has 2 aliphatic rings. The number of aromatic nitrogens is 3. The molecular weight excluding hydrogens is 398 g/mol. The number of hydrogen-bond donors (Lipinski definition) is 0. The Labute approximate surface area is 181 Å². The number of pyridine rings is 1. The van der Waals surface area contributed by atoms with E-state index in [-0.39, 0.29) is 5.91 Å². The summed E-state index contributed by atoms with van der Waals surface area (Å²) in [6, 6.07) is 11.9. The Morgan fingerprint density at radius 2 is 1.77 bits per heavy atom. The minimum Gasteiger partial charge on any atom is -0.339 e. The van der Waals surface area contributed by atoms with Crippen molar-refractivity contribution in [3.05, 3.63) is 53.2 Å². The van der Waals surface area contributed by atoms with Crippen LogP contribution in [0.1, 0.15) is 42.5 Å². The van der Waals surface area contributed by atoms with E-state index in [0.717, 1.165) is 31.5 Å². The molecule has 6 nitrogen and oxygen atoms in total. The number of rotatable bonds is 3. The predicted octanol–water partition coefficient (Wildman–Crippen LogP) is 4.14. The molecule has 0 N–H and O–H groups in total. The first-order chi connectivity index (χ1) is 14.7. The van der Waals surface area contributed by atoms with Crippen LogP contribution in [0.2, 0.25) is 5.02 Å². The third-order valence-electron chi connectivity index (χ3n) is 6.40. The van der Waals surface area contributed by atoms with E-state index in [0.29, 0.717) is 28.1 Å². The van der Waals surface area contributed by atoms with Gasteiger partial charge in [0.15, 0.2) is 11.5 Å². The summed E-state index contributed by atoms with van der Waals surface area (Å²) in [5, 5.41) is 9.24. The van der Waals surface area contributed by atoms with E-state index in [9.17, 15) is 4.79 Å². The van der Waals surface area contributed by atoms with E-state index in [1.165, 1.54) is 32.4 Å². The number of likely N-dealkylation sites (tertiary alicyclic amines) is 2. The monoisotopic (exact) mass is 423 g/mol. The summed E-state index contributed by atoms with van der Waals surface area (Å²) in [5.41, 5.74) is 2.23. The lowest BCUT2D eigenvalue weighted by Gasteiger charge is -2.40. The van der Waals surface area contributed by atoms with Gasteiger partial charge in [-0.15, -0.1) is 10.2 Å². The molecule has 156 valence electrons. The van der Waals surface area contributed by atoms with Gasteiger partial charge < -0.3 is 9.80 Å². The minimum atomic E-state index is 0.0851. The molecule has 0 atom stereocenters. The van der Waals surface area contributed by atoms with Crippen LogP contribution in [0.4, 0.5) is 0 Å². The first kappa shape index (κ1) is 19.5. The van der Waals surface area contributed by atoms with Gasteiger partial charge in [-0.3, -0.25) is 9.20 Å². The van der Waals surface area contributed by atoms with Gasteiger partial charge in [-0.2, -0.15) is 0 Å². The van der Waals surface area contributed by atoms with Crippen molar-refractivity contribution in [2.45, 2.75) is 38.1 Å². The van der Waals surface area contributed by atoms with Crippen LogP contribution in [-0.2, 0) is 0 Å². The average Bonchev–Trinajstić information content (AvgIpc) is 3.23. The number of fused-ring (bicyclic) bond motifs is 1. The highest BCUT2D eigenvalue weighted by Gasteiger charge is 2.28. The van der Waals surface area contributed by atoms with Crippen LogP contribution in [0.25, 0.3) is 17.0 Å². The molecular formula is C23H26ClN5O. The second kappa shape index (κ2) is 8.36. The van der Waals surface area contributed by atoms with Gasteiger partial charge in [-0.1, -0.05) is 30.2 Å². The number of nitrogens with zero attached hydrogens (tertiary/aromatic N) is 5. The van der Waals surface area contributed by atoms with Crippen molar-refractivity contribution in [3.63, 3.8) is 0 Å². The highest BCUT2D eigenvalue weighted by molar-refractivity contribution is 6.30. The Bertz CT molecular complexity index is 1050. The van der Waals surface area contributed by atoms with Gasteiger partial charge in [-0.25, -0.2) is 0 Å². The van der Waals surface area contributed by atoms with E-state index in [1.54, 1.807) is 0 Å². The predicted molar refractivity (Wildman–Crippen MR) is 118 cm³/mol. The molecule has 0 radical (unpaired) electrons. The number of benzene rings is 1. The molecule has 2 saturated heterocycles. The van der Waals surface area contributed by atoms with E-state index in [4.69, 9.17) is 11.6 Å². The molecule has 2 aliphatic heterocycles. The molecule has 5 rings (SSSR count). The van der Waals surface area contributed by atoms with Crippen LogP contribution < -0.4 is 0 Å². The molecule has 0 saturated carbocycles. The third-order valence-corrected chi connectivity index (χ3v) is 6.63.